The summed E-state index contributed by atoms with van der Waals surface area (Å²) in [7, 11) is 0. The largest absolute Gasteiger partial charge is 0.389 e. The first-order valence-corrected chi connectivity index (χ1v) is 15.4. The minimum atomic E-state index is -0.910. The number of anilines is 1. The van der Waals surface area contributed by atoms with Gasteiger partial charge in [0, 0.05) is 11.8 Å². The SMILES string of the molecule is CCCCCc1nc2c(NC(c3ccccc3)(c3ccccc3)c3ccccc3)nc3ccccc3c2n1CC(C)(C)O. The van der Waals surface area contributed by atoms with E-state index >= 15 is 0 Å². The van der Waals surface area contributed by atoms with Gasteiger partial charge < -0.3 is 15.0 Å². The lowest BCUT2D eigenvalue weighted by Gasteiger charge is -2.37. The first kappa shape index (κ1) is 28.6. The fraction of sp³-hybridized carbons (Fsp3) is 0.263. The van der Waals surface area contributed by atoms with Crippen LogP contribution in [0.4, 0.5) is 5.82 Å². The molecular weight excluding hydrogens is 528 g/mol. The number of benzene rings is 4. The minimum Gasteiger partial charge on any atom is -0.389 e. The van der Waals surface area contributed by atoms with Crippen LogP contribution in [0, 0.1) is 0 Å². The van der Waals surface area contributed by atoms with E-state index in [4.69, 9.17) is 9.97 Å². The number of pyridine rings is 1. The average molecular weight is 569 g/mol. The molecular formula is C38H40N4O. The molecule has 218 valence electrons. The predicted molar refractivity (Wildman–Crippen MR) is 177 cm³/mol. The molecule has 2 heterocycles. The molecule has 5 heteroatoms. The van der Waals surface area contributed by atoms with E-state index in [1.807, 2.05) is 19.9 Å². The monoisotopic (exact) mass is 568 g/mol. The normalized spacial score (nSPS) is 12.2. The van der Waals surface area contributed by atoms with E-state index in [1.165, 1.54) is 0 Å². The van der Waals surface area contributed by atoms with Crippen molar-refractivity contribution in [2.24, 2.45) is 0 Å². The molecule has 2 aromatic heterocycles. The smallest absolute Gasteiger partial charge is 0.156 e. The Hall–Kier alpha value is -4.48. The Bertz CT molecular complexity index is 1710. The van der Waals surface area contributed by atoms with Gasteiger partial charge in [-0.1, -0.05) is 129 Å². The molecule has 0 aliphatic rings. The maximum atomic E-state index is 11.0. The van der Waals surface area contributed by atoms with Gasteiger partial charge in [-0.05, 0) is 43.0 Å². The lowest BCUT2D eigenvalue weighted by Crippen LogP contribution is -2.38. The van der Waals surface area contributed by atoms with Crippen LogP contribution in [-0.2, 0) is 18.5 Å². The van der Waals surface area contributed by atoms with Crippen molar-refractivity contribution < 1.29 is 5.11 Å². The summed E-state index contributed by atoms with van der Waals surface area (Å²) in [6.45, 7) is 6.39. The van der Waals surface area contributed by atoms with Crippen molar-refractivity contribution in [3.63, 3.8) is 0 Å². The summed E-state index contributed by atoms with van der Waals surface area (Å²) in [4.78, 5) is 10.6. The number of imidazole rings is 1. The molecule has 0 aliphatic carbocycles. The Kier molecular flexibility index (Phi) is 8.00. The van der Waals surface area contributed by atoms with Gasteiger partial charge in [0.1, 0.15) is 16.9 Å². The number of hydrogen-bond donors (Lipinski definition) is 2. The van der Waals surface area contributed by atoms with Crippen LogP contribution in [0.2, 0.25) is 0 Å². The molecule has 5 nitrogen and oxygen atoms in total. The van der Waals surface area contributed by atoms with Crippen LogP contribution in [-0.4, -0.2) is 25.2 Å². The van der Waals surface area contributed by atoms with E-state index in [-0.39, 0.29) is 0 Å². The van der Waals surface area contributed by atoms with E-state index in [0.29, 0.717) is 6.54 Å². The lowest BCUT2D eigenvalue weighted by atomic mass is 9.77. The lowest BCUT2D eigenvalue weighted by molar-refractivity contribution is 0.0618. The summed E-state index contributed by atoms with van der Waals surface area (Å²) in [6, 6.07) is 40.0. The van der Waals surface area contributed by atoms with E-state index < -0.39 is 11.1 Å². The van der Waals surface area contributed by atoms with Crippen LogP contribution in [0.25, 0.3) is 21.9 Å². The van der Waals surface area contributed by atoms with Crippen molar-refractivity contribution in [3.05, 3.63) is 138 Å². The number of aromatic nitrogens is 3. The third kappa shape index (κ3) is 5.65. The number of unbranched alkanes of at least 4 members (excludes halogenated alkanes) is 2. The third-order valence-corrected chi connectivity index (χ3v) is 8.14. The molecule has 43 heavy (non-hydrogen) atoms. The highest BCUT2D eigenvalue weighted by Crippen LogP contribution is 2.42. The number of aliphatic hydroxyl groups is 1. The zero-order valence-electron chi connectivity index (χ0n) is 25.3. The Balaban J connectivity index is 1.67. The van der Waals surface area contributed by atoms with E-state index in [1.54, 1.807) is 0 Å². The van der Waals surface area contributed by atoms with Gasteiger partial charge in [-0.15, -0.1) is 0 Å². The molecule has 0 spiro atoms. The Morgan fingerprint density at radius 2 is 1.23 bits per heavy atom. The first-order valence-electron chi connectivity index (χ1n) is 15.4. The second kappa shape index (κ2) is 12.0. The molecule has 0 amide bonds. The molecule has 6 aromatic rings. The average Bonchev–Trinajstić information content (AvgIpc) is 3.38. The number of fused-ring (bicyclic) bond motifs is 3. The van der Waals surface area contributed by atoms with E-state index in [2.05, 4.69) is 126 Å². The van der Waals surface area contributed by atoms with Gasteiger partial charge in [0.2, 0.25) is 0 Å². The summed E-state index contributed by atoms with van der Waals surface area (Å²) in [6.07, 6.45) is 4.15. The fourth-order valence-electron chi connectivity index (χ4n) is 6.21. The number of nitrogens with zero attached hydrogens (tertiary/aromatic N) is 3. The zero-order valence-corrected chi connectivity index (χ0v) is 25.3. The van der Waals surface area contributed by atoms with Crippen LogP contribution in [0.1, 0.15) is 62.5 Å². The van der Waals surface area contributed by atoms with Crippen molar-refractivity contribution in [1.82, 2.24) is 14.5 Å². The number of para-hydroxylation sites is 1. The summed E-state index contributed by atoms with van der Waals surface area (Å²) >= 11 is 0. The van der Waals surface area contributed by atoms with Crippen LogP contribution in [0.3, 0.4) is 0 Å². The molecule has 2 N–H and O–H groups in total. The van der Waals surface area contributed by atoms with Crippen molar-refractivity contribution in [2.75, 3.05) is 5.32 Å². The van der Waals surface area contributed by atoms with Crippen LogP contribution in [0.15, 0.2) is 115 Å². The Labute approximate surface area is 254 Å². The molecule has 0 saturated carbocycles. The molecule has 6 rings (SSSR count). The molecule has 0 bridgehead atoms. The maximum absolute atomic E-state index is 11.0. The molecule has 0 fully saturated rings. The zero-order chi connectivity index (χ0) is 29.9. The van der Waals surface area contributed by atoms with Crippen molar-refractivity contribution in [2.45, 2.75) is 64.1 Å². The number of nitrogens with one attached hydrogen (secondary N) is 1. The highest BCUT2D eigenvalue weighted by molar-refractivity contribution is 6.07. The first-order chi connectivity index (χ1) is 20.9. The fourth-order valence-corrected chi connectivity index (χ4v) is 6.21. The number of rotatable bonds is 11. The molecule has 0 unspecified atom stereocenters. The predicted octanol–water partition coefficient (Wildman–Crippen LogP) is 8.49. The summed E-state index contributed by atoms with van der Waals surface area (Å²) in [5.74, 6) is 1.70. The Morgan fingerprint density at radius 3 is 1.77 bits per heavy atom. The molecule has 0 atom stereocenters. The standard InChI is InChI=1S/C38H40N4O/c1-4-5-9-26-33-40-34-35(42(33)27-37(2,3)43)31-24-16-17-25-32(31)39-36(34)41-38(28-18-10-6-11-19-28,29-20-12-7-13-21-29)30-22-14-8-15-23-30/h6-8,10-25,43H,4-5,9,26-27H2,1-3H3,(H,39,41). The van der Waals surface area contributed by atoms with Gasteiger partial charge >= 0.3 is 0 Å². The Morgan fingerprint density at radius 1 is 0.698 bits per heavy atom. The summed E-state index contributed by atoms with van der Waals surface area (Å²) in [5.41, 5.74) is 4.38. The van der Waals surface area contributed by atoms with Gasteiger partial charge in [-0.25, -0.2) is 9.97 Å². The van der Waals surface area contributed by atoms with Gasteiger partial charge in [-0.2, -0.15) is 0 Å². The van der Waals surface area contributed by atoms with Crippen molar-refractivity contribution in [1.29, 1.82) is 0 Å². The summed E-state index contributed by atoms with van der Waals surface area (Å²) < 4.78 is 2.23. The van der Waals surface area contributed by atoms with Gasteiger partial charge in [-0.3, -0.25) is 0 Å². The van der Waals surface area contributed by atoms with Gasteiger partial charge in [0.05, 0.1) is 23.2 Å². The highest BCUT2D eigenvalue weighted by Gasteiger charge is 2.38. The summed E-state index contributed by atoms with van der Waals surface area (Å²) in [5, 5.41) is 16.1. The third-order valence-electron chi connectivity index (χ3n) is 8.14. The van der Waals surface area contributed by atoms with Crippen LogP contribution >= 0.6 is 0 Å². The highest BCUT2D eigenvalue weighted by atomic mass is 16.3. The van der Waals surface area contributed by atoms with Gasteiger partial charge in [0.25, 0.3) is 0 Å². The van der Waals surface area contributed by atoms with Gasteiger partial charge in [0.15, 0.2) is 5.82 Å². The minimum absolute atomic E-state index is 0.444. The van der Waals surface area contributed by atoms with Crippen LogP contribution < -0.4 is 5.32 Å². The second-order valence-electron chi connectivity index (χ2n) is 12.0. The molecule has 0 radical (unpaired) electrons. The number of hydrogen-bond acceptors (Lipinski definition) is 4. The van der Waals surface area contributed by atoms with E-state index in [9.17, 15) is 5.11 Å². The second-order valence-corrected chi connectivity index (χ2v) is 12.0. The van der Waals surface area contributed by atoms with Crippen LogP contribution in [0.5, 0.6) is 0 Å². The molecule has 4 aromatic carbocycles. The number of aryl methyl sites for hydroxylation is 1. The topological polar surface area (TPSA) is 63.0 Å². The molecule has 0 saturated heterocycles. The molecule has 0 aliphatic heterocycles. The maximum Gasteiger partial charge on any atom is 0.156 e. The van der Waals surface area contributed by atoms with E-state index in [0.717, 1.165) is 76.0 Å². The quantitative estimate of drug-likeness (QED) is 0.122. The van der Waals surface area contributed by atoms with Crippen molar-refractivity contribution in [3.8, 4) is 0 Å². The van der Waals surface area contributed by atoms with Crippen molar-refractivity contribution >= 4 is 27.8 Å².